The number of fused-ring (bicyclic) bond motifs is 12. The monoisotopic (exact) mass is 515 g/mol. The summed E-state index contributed by atoms with van der Waals surface area (Å²) in [5.41, 5.74) is 12.2. The van der Waals surface area contributed by atoms with Crippen LogP contribution in [0.15, 0.2) is 110 Å². The van der Waals surface area contributed by atoms with Crippen molar-refractivity contribution in [3.8, 4) is 11.1 Å². The first-order valence-corrected chi connectivity index (χ1v) is 14.0. The van der Waals surface area contributed by atoms with E-state index in [9.17, 15) is 0 Å². The van der Waals surface area contributed by atoms with Crippen LogP contribution in [-0.2, 0) is 6.42 Å². The summed E-state index contributed by atoms with van der Waals surface area (Å²) in [7, 11) is 0. The molecule has 40 heavy (non-hydrogen) atoms. The van der Waals surface area contributed by atoms with E-state index in [2.05, 4.69) is 114 Å². The Morgan fingerprint density at radius 2 is 1.62 bits per heavy atom. The second-order valence-electron chi connectivity index (χ2n) is 11.0. The molecular weight excluding hydrogens is 486 g/mol. The molecule has 8 rings (SSSR count). The van der Waals surface area contributed by atoms with Crippen molar-refractivity contribution in [3.63, 3.8) is 0 Å². The third-order valence-corrected chi connectivity index (χ3v) is 8.72. The third-order valence-electron chi connectivity index (χ3n) is 8.72. The molecule has 192 valence electrons. The minimum absolute atomic E-state index is 0.542. The van der Waals surface area contributed by atoms with E-state index in [0.29, 0.717) is 5.92 Å². The Morgan fingerprint density at radius 1 is 0.900 bits per heavy atom. The van der Waals surface area contributed by atoms with Crippen LogP contribution in [0.5, 0.6) is 0 Å². The maximum Gasteiger partial charge on any atom is 0.0648 e. The van der Waals surface area contributed by atoms with Gasteiger partial charge in [0.2, 0.25) is 0 Å². The first-order valence-electron chi connectivity index (χ1n) is 14.0. The lowest BCUT2D eigenvalue weighted by atomic mass is 9.95. The Labute approximate surface area is 233 Å². The van der Waals surface area contributed by atoms with Crippen LogP contribution in [0.4, 0.5) is 0 Å². The van der Waals surface area contributed by atoms with Gasteiger partial charge in [0.05, 0.1) is 27.8 Å². The summed E-state index contributed by atoms with van der Waals surface area (Å²) in [4.78, 5) is 0. The van der Waals surface area contributed by atoms with Crippen LogP contribution in [0.2, 0.25) is 0 Å². The molecule has 2 aromatic heterocycles. The zero-order valence-corrected chi connectivity index (χ0v) is 22.5. The number of benzene rings is 4. The van der Waals surface area contributed by atoms with Crippen LogP contribution in [0.1, 0.15) is 24.5 Å². The molecule has 0 aliphatic heterocycles. The molecule has 0 fully saturated rings. The van der Waals surface area contributed by atoms with E-state index in [1.165, 1.54) is 66.7 Å². The van der Waals surface area contributed by atoms with Crippen molar-refractivity contribution in [1.29, 1.82) is 5.41 Å². The van der Waals surface area contributed by atoms with Gasteiger partial charge in [-0.1, -0.05) is 92.4 Å². The molecule has 2 aliphatic rings. The Hall–Kier alpha value is -4.89. The normalized spacial score (nSPS) is 16.6. The van der Waals surface area contributed by atoms with Crippen molar-refractivity contribution in [2.24, 2.45) is 5.92 Å². The smallest absolute Gasteiger partial charge is 0.0648 e. The summed E-state index contributed by atoms with van der Waals surface area (Å²) >= 11 is 0. The van der Waals surface area contributed by atoms with Gasteiger partial charge in [-0.05, 0) is 58.9 Å². The molecule has 6 aromatic rings. The van der Waals surface area contributed by atoms with Crippen molar-refractivity contribution < 1.29 is 0 Å². The van der Waals surface area contributed by atoms with E-state index in [-0.39, 0.29) is 0 Å². The number of hydrogen-bond donors (Lipinski definition) is 1. The minimum Gasteiger partial charge on any atom is -0.309 e. The molecule has 2 aliphatic carbocycles. The average molecular weight is 516 g/mol. The van der Waals surface area contributed by atoms with Gasteiger partial charge in [-0.3, -0.25) is 0 Å². The van der Waals surface area contributed by atoms with E-state index in [0.717, 1.165) is 29.6 Å². The number of nitrogens with one attached hydrogen (secondary N) is 1. The summed E-state index contributed by atoms with van der Waals surface area (Å²) < 4.78 is 4.79. The lowest BCUT2D eigenvalue weighted by Gasteiger charge is -2.17. The van der Waals surface area contributed by atoms with Crippen molar-refractivity contribution >= 4 is 61.2 Å². The fraction of sp³-hybridized carbons (Fsp3) is 0.108. The van der Waals surface area contributed by atoms with Crippen LogP contribution in [0.3, 0.4) is 0 Å². The standard InChI is InChI=1S/C37H29N3/c1-3-10-26(22-38)40-31-15-8-6-13-28(31)34-33-27-12-5-4-11-24(27)21-30(33)36-35(37(34)40)29-14-7-9-16-32(29)39(36)25-19-17-23(2)18-20-25/h3-17,19-20,22-23,38H,1,18,21H2,2H3/b26-10+,38-22?. The highest BCUT2D eigenvalue weighted by atomic mass is 15.0. The molecule has 0 spiro atoms. The number of hydrogen-bond acceptors (Lipinski definition) is 1. The summed E-state index contributed by atoms with van der Waals surface area (Å²) in [6.07, 6.45) is 14.1. The third kappa shape index (κ3) is 2.98. The number of aromatic nitrogens is 2. The predicted octanol–water partition coefficient (Wildman–Crippen LogP) is 9.59. The quantitative estimate of drug-likeness (QED) is 0.179. The van der Waals surface area contributed by atoms with Gasteiger partial charge in [-0.25, -0.2) is 0 Å². The fourth-order valence-electron chi connectivity index (χ4n) is 7.07. The van der Waals surface area contributed by atoms with E-state index in [1.54, 1.807) is 6.08 Å². The van der Waals surface area contributed by atoms with Crippen molar-refractivity contribution in [2.45, 2.75) is 19.8 Å². The molecule has 3 heteroatoms. The highest BCUT2D eigenvalue weighted by Gasteiger charge is 2.31. The molecule has 1 unspecified atom stereocenters. The van der Waals surface area contributed by atoms with Crippen LogP contribution >= 0.6 is 0 Å². The Morgan fingerprint density at radius 3 is 2.38 bits per heavy atom. The zero-order valence-electron chi connectivity index (χ0n) is 22.5. The summed E-state index contributed by atoms with van der Waals surface area (Å²) in [5, 5.41) is 13.4. The van der Waals surface area contributed by atoms with E-state index >= 15 is 0 Å². The Bertz CT molecular complexity index is 2160. The molecule has 0 saturated heterocycles. The van der Waals surface area contributed by atoms with E-state index in [4.69, 9.17) is 5.41 Å². The summed E-state index contributed by atoms with van der Waals surface area (Å²) in [6, 6.07) is 26.4. The molecule has 4 aromatic carbocycles. The minimum atomic E-state index is 0.542. The number of nitrogens with zero attached hydrogens (tertiary/aromatic N) is 2. The van der Waals surface area contributed by atoms with Crippen LogP contribution in [0.25, 0.3) is 66.1 Å². The first kappa shape index (κ1) is 23.0. The molecule has 0 amide bonds. The summed E-state index contributed by atoms with van der Waals surface area (Å²) in [5.74, 6) is 0.542. The van der Waals surface area contributed by atoms with Crippen LogP contribution < -0.4 is 0 Å². The average Bonchev–Trinajstić information content (AvgIpc) is 3.64. The molecular formula is C37H29N3. The maximum atomic E-state index is 8.43. The SMILES string of the molecule is C=C/C=C(\C=N)n1c2ccccc2c2c3c(c4c(c5ccccc5n4C4=CCC(C)C=C4)c21)Cc1ccccc1-3. The first-order chi connectivity index (χ1) is 19.7. The number of allylic oxidation sites excluding steroid dienone is 7. The molecule has 3 nitrogen and oxygen atoms in total. The van der Waals surface area contributed by atoms with Gasteiger partial charge >= 0.3 is 0 Å². The topological polar surface area (TPSA) is 33.7 Å². The second-order valence-corrected chi connectivity index (χ2v) is 11.0. The van der Waals surface area contributed by atoms with E-state index in [1.807, 2.05) is 6.08 Å². The lowest BCUT2D eigenvalue weighted by Crippen LogP contribution is -2.03. The van der Waals surface area contributed by atoms with Gasteiger partial charge in [0.25, 0.3) is 0 Å². The largest absolute Gasteiger partial charge is 0.309 e. The zero-order chi connectivity index (χ0) is 27.0. The van der Waals surface area contributed by atoms with Crippen molar-refractivity contribution in [1.82, 2.24) is 9.13 Å². The van der Waals surface area contributed by atoms with Crippen LogP contribution in [-0.4, -0.2) is 15.3 Å². The molecule has 1 N–H and O–H groups in total. The molecule has 1 atom stereocenters. The predicted molar refractivity (Wildman–Crippen MR) is 171 cm³/mol. The van der Waals surface area contributed by atoms with Gasteiger partial charge in [0, 0.05) is 39.9 Å². The molecule has 0 saturated carbocycles. The number of para-hydroxylation sites is 2. The highest BCUT2D eigenvalue weighted by molar-refractivity contribution is 6.33. The molecule has 2 heterocycles. The highest BCUT2D eigenvalue weighted by Crippen LogP contribution is 2.52. The van der Waals surface area contributed by atoms with Gasteiger partial charge in [0.1, 0.15) is 0 Å². The fourth-order valence-corrected chi connectivity index (χ4v) is 7.07. The van der Waals surface area contributed by atoms with Crippen molar-refractivity contribution in [3.05, 3.63) is 121 Å². The Kier molecular flexibility index (Phi) is 4.93. The van der Waals surface area contributed by atoms with Gasteiger partial charge < -0.3 is 14.5 Å². The number of rotatable bonds is 4. The van der Waals surface area contributed by atoms with E-state index < -0.39 is 0 Å². The second kappa shape index (κ2) is 8.56. The van der Waals surface area contributed by atoms with Gasteiger partial charge in [-0.2, -0.15) is 0 Å². The Balaban J connectivity index is 1.71. The van der Waals surface area contributed by atoms with Crippen LogP contribution in [0, 0.1) is 11.3 Å². The van der Waals surface area contributed by atoms with Gasteiger partial charge in [0.15, 0.2) is 0 Å². The molecule has 0 radical (unpaired) electrons. The lowest BCUT2D eigenvalue weighted by molar-refractivity contribution is 0.735. The molecule has 0 bridgehead atoms. The summed E-state index contributed by atoms with van der Waals surface area (Å²) in [6.45, 7) is 6.25. The van der Waals surface area contributed by atoms with Gasteiger partial charge in [-0.15, -0.1) is 0 Å². The van der Waals surface area contributed by atoms with Crippen molar-refractivity contribution in [2.75, 3.05) is 0 Å². The maximum absolute atomic E-state index is 8.43.